The first-order chi connectivity index (χ1) is 17.1. The van der Waals surface area contributed by atoms with Gasteiger partial charge in [-0.3, -0.25) is 9.69 Å². The van der Waals surface area contributed by atoms with Crippen LogP contribution in [-0.2, 0) is 11.0 Å². The van der Waals surface area contributed by atoms with E-state index < -0.39 is 29.8 Å². The van der Waals surface area contributed by atoms with E-state index >= 15 is 0 Å². The molecule has 1 N–H and O–H groups in total. The lowest BCUT2D eigenvalue weighted by Gasteiger charge is -2.41. The van der Waals surface area contributed by atoms with Crippen molar-refractivity contribution < 1.29 is 27.6 Å². The van der Waals surface area contributed by atoms with Gasteiger partial charge in [-0.2, -0.15) is 18.4 Å². The van der Waals surface area contributed by atoms with Gasteiger partial charge < -0.3 is 5.32 Å². The lowest BCUT2D eigenvalue weighted by atomic mass is 9.92. The van der Waals surface area contributed by atoms with Crippen LogP contribution < -0.4 is 10.2 Å². The maximum atomic E-state index is 13.8. The normalized spacial score (nSPS) is 17.8. The Morgan fingerprint density at radius 1 is 1.19 bits per heavy atom. The average molecular weight is 515 g/mol. The highest BCUT2D eigenvalue weighted by atomic mass is 32.2. The summed E-state index contributed by atoms with van der Waals surface area (Å²) in [5, 5.41) is 11.8. The van der Waals surface area contributed by atoms with Crippen LogP contribution in [0, 0.1) is 11.3 Å². The van der Waals surface area contributed by atoms with Crippen LogP contribution in [0.2, 0.25) is 0 Å². The Morgan fingerprint density at radius 3 is 2.58 bits per heavy atom. The predicted molar refractivity (Wildman–Crippen MR) is 127 cm³/mol. The number of rotatable bonds is 4. The molecular weight excluding hydrogens is 493 g/mol. The van der Waals surface area contributed by atoms with Gasteiger partial charge >= 0.3 is 18.2 Å². The molecule has 1 aliphatic heterocycles. The van der Waals surface area contributed by atoms with E-state index in [4.69, 9.17) is 0 Å². The summed E-state index contributed by atoms with van der Waals surface area (Å²) < 4.78 is 40.2. The first kappa shape index (κ1) is 25.3. The Bertz CT molecular complexity index is 1330. The smallest absolute Gasteiger partial charge is 0.341 e. The maximum absolute atomic E-state index is 13.8. The van der Waals surface area contributed by atoms with Crippen LogP contribution >= 0.6 is 11.8 Å². The number of thioether (sulfide) groups is 1. The minimum Gasteiger partial charge on any atom is -0.341 e. The van der Waals surface area contributed by atoms with Gasteiger partial charge in [-0.05, 0) is 48.1 Å². The van der Waals surface area contributed by atoms with Gasteiger partial charge in [0.2, 0.25) is 0 Å². The number of Topliss-reactive ketones (excluding diaryl/α,β-unsaturated/α-hetero) is 1. The number of imide groups is 1. The lowest BCUT2D eigenvalue weighted by Crippen LogP contribution is -2.55. The number of alkyl halides is 3. The van der Waals surface area contributed by atoms with E-state index in [2.05, 4.69) is 11.4 Å². The second-order valence-corrected chi connectivity index (χ2v) is 9.38. The van der Waals surface area contributed by atoms with Crippen LogP contribution in [0.4, 0.5) is 28.4 Å². The molecule has 4 rings (SSSR count). The molecule has 0 bridgehead atoms. The van der Waals surface area contributed by atoms with Gasteiger partial charge in [0.25, 0.3) is 0 Å². The number of benzene rings is 2. The average Bonchev–Trinajstić information content (AvgIpc) is 3.23. The summed E-state index contributed by atoms with van der Waals surface area (Å²) in [4.78, 5) is 42.5. The lowest BCUT2D eigenvalue weighted by molar-refractivity contribution is -0.137. The van der Waals surface area contributed by atoms with E-state index in [1.165, 1.54) is 30.9 Å². The highest BCUT2D eigenvalue weighted by Crippen LogP contribution is 2.47. The number of allylic oxidation sites excluding steroid dienone is 1. The van der Waals surface area contributed by atoms with E-state index in [1.807, 2.05) is 6.92 Å². The van der Waals surface area contributed by atoms with Crippen LogP contribution in [0.25, 0.3) is 0 Å². The Hall–Kier alpha value is -3.78. The number of nitrogens with one attached hydrogen (secondary N) is 1. The van der Waals surface area contributed by atoms with Crippen molar-refractivity contribution >= 4 is 35.3 Å². The van der Waals surface area contributed by atoms with Crippen molar-refractivity contribution in [3.05, 3.63) is 70.4 Å². The number of carbonyl (C=O) groups is 3. The molecule has 0 fully saturated rings. The van der Waals surface area contributed by atoms with Crippen LogP contribution in [0.3, 0.4) is 0 Å². The molecule has 1 unspecified atom stereocenters. The molecule has 2 aromatic carbocycles. The Balaban J connectivity index is 1.97. The van der Waals surface area contributed by atoms with Crippen LogP contribution in [0.1, 0.15) is 42.5 Å². The summed E-state index contributed by atoms with van der Waals surface area (Å²) in [5.74, 6) is 0.323. The highest BCUT2D eigenvalue weighted by molar-refractivity contribution is 7.99. The predicted octanol–water partition coefficient (Wildman–Crippen LogP) is 5.63. The van der Waals surface area contributed by atoms with Gasteiger partial charge in [-0.25, -0.2) is 14.5 Å². The summed E-state index contributed by atoms with van der Waals surface area (Å²) in [6.07, 6.45) is -4.45. The first-order valence-corrected chi connectivity index (χ1v) is 12.1. The number of hydrogen-bond donors (Lipinski definition) is 1. The molecule has 2 aromatic rings. The Morgan fingerprint density at radius 2 is 1.94 bits per heavy atom. The van der Waals surface area contributed by atoms with E-state index in [0.29, 0.717) is 21.8 Å². The van der Waals surface area contributed by atoms with E-state index in [-0.39, 0.29) is 35.6 Å². The number of anilines is 1. The van der Waals surface area contributed by atoms with Gasteiger partial charge in [0.15, 0.2) is 5.78 Å². The number of amides is 4. The number of carbonyl (C=O) groups excluding carboxylic acids is 3. The van der Waals surface area contributed by atoms with E-state index in [1.54, 1.807) is 18.2 Å². The Labute approximate surface area is 209 Å². The molecule has 0 saturated heterocycles. The first-order valence-electron chi connectivity index (χ1n) is 11.1. The number of hydrogen-bond acceptors (Lipinski definition) is 5. The molecule has 11 heteroatoms. The molecule has 7 nitrogen and oxygen atoms in total. The molecule has 4 amide bonds. The van der Waals surface area contributed by atoms with Crippen LogP contribution in [-0.4, -0.2) is 35.5 Å². The second-order valence-electron chi connectivity index (χ2n) is 8.07. The number of nitrogens with zero attached hydrogens (tertiary/aromatic N) is 3. The number of ketones is 1. The van der Waals surface area contributed by atoms with Crippen LogP contribution in [0.15, 0.2) is 58.6 Å². The molecule has 0 spiro atoms. The fourth-order valence-electron chi connectivity index (χ4n) is 4.48. The molecular formula is C25H21F3N4O3S. The van der Waals surface area contributed by atoms with Gasteiger partial charge in [0.1, 0.15) is 0 Å². The van der Waals surface area contributed by atoms with Crippen molar-refractivity contribution in [1.29, 1.82) is 5.26 Å². The number of halogens is 3. The van der Waals surface area contributed by atoms with Crippen molar-refractivity contribution in [3.8, 4) is 6.07 Å². The number of urea groups is 2. The summed E-state index contributed by atoms with van der Waals surface area (Å²) >= 11 is 1.39. The fraction of sp³-hybridized carbons (Fsp3) is 0.280. The van der Waals surface area contributed by atoms with Crippen molar-refractivity contribution in [2.75, 3.05) is 17.7 Å². The number of nitriles is 1. The zero-order chi connectivity index (χ0) is 26.2. The van der Waals surface area contributed by atoms with Crippen molar-refractivity contribution in [3.63, 3.8) is 0 Å². The zero-order valence-electron chi connectivity index (χ0n) is 19.3. The molecule has 1 heterocycles. The summed E-state index contributed by atoms with van der Waals surface area (Å²) in [6, 6.07) is 8.29. The highest BCUT2D eigenvalue weighted by Gasteiger charge is 2.49. The molecule has 2 aliphatic rings. The minimum absolute atomic E-state index is 0.0536. The maximum Gasteiger partial charge on any atom is 0.416 e. The molecule has 0 saturated carbocycles. The van der Waals surface area contributed by atoms with Gasteiger partial charge in [-0.1, -0.05) is 19.1 Å². The van der Waals surface area contributed by atoms with Crippen LogP contribution in [0.5, 0.6) is 0 Å². The third kappa shape index (κ3) is 4.33. The summed E-state index contributed by atoms with van der Waals surface area (Å²) in [6.45, 7) is 1.90. The quantitative estimate of drug-likeness (QED) is 0.534. The Kier molecular flexibility index (Phi) is 6.82. The molecule has 1 atom stereocenters. The topological polar surface area (TPSA) is 93.5 Å². The third-order valence-electron chi connectivity index (χ3n) is 6.00. The second kappa shape index (κ2) is 9.70. The van der Waals surface area contributed by atoms with Crippen molar-refractivity contribution in [2.24, 2.45) is 0 Å². The van der Waals surface area contributed by atoms with E-state index in [9.17, 15) is 32.8 Å². The summed E-state index contributed by atoms with van der Waals surface area (Å²) in [7, 11) is 1.32. The third-order valence-corrected chi connectivity index (χ3v) is 6.95. The molecule has 0 radical (unpaired) electrons. The van der Waals surface area contributed by atoms with Crippen molar-refractivity contribution in [2.45, 2.75) is 36.9 Å². The molecule has 0 aromatic heterocycles. The summed E-state index contributed by atoms with van der Waals surface area (Å²) in [5.41, 5.74) is 0.267. The van der Waals surface area contributed by atoms with Gasteiger partial charge in [0.05, 0.1) is 28.9 Å². The molecule has 1 aliphatic carbocycles. The van der Waals surface area contributed by atoms with Crippen molar-refractivity contribution in [1.82, 2.24) is 10.2 Å². The SMILES string of the molecule is CCSc1cc(C#N)ccc1C1C2=C(CCC2=O)N(c2cccc(C(F)(F)F)c2)C(=O)N1C(=O)NC. The van der Waals surface area contributed by atoms with Gasteiger partial charge in [0, 0.05) is 29.6 Å². The molecule has 186 valence electrons. The molecule has 36 heavy (non-hydrogen) atoms. The minimum atomic E-state index is -4.64. The van der Waals surface area contributed by atoms with E-state index in [0.717, 1.165) is 21.9 Å². The zero-order valence-corrected chi connectivity index (χ0v) is 20.2. The standard InChI is InChI=1S/C25H21F3N4O3S/c1-3-36-20-11-14(13-29)7-8-17(20)22-21-18(9-10-19(21)33)31(24(35)32(22)23(34)30-2)16-6-4-5-15(12-16)25(26,27)28/h4-8,11-12,22H,3,9-10H2,1-2H3,(H,30,34). The largest absolute Gasteiger partial charge is 0.416 e. The monoisotopic (exact) mass is 514 g/mol. The fourth-order valence-corrected chi connectivity index (χ4v) is 5.35. The van der Waals surface area contributed by atoms with Gasteiger partial charge in [-0.15, -0.1) is 11.8 Å².